The second kappa shape index (κ2) is 4.10. The fourth-order valence-corrected chi connectivity index (χ4v) is 1.24. The van der Waals surface area contributed by atoms with Crippen molar-refractivity contribution in [2.75, 3.05) is 0 Å². The van der Waals surface area contributed by atoms with E-state index in [1.807, 2.05) is 6.92 Å². The molecule has 0 saturated carbocycles. The van der Waals surface area contributed by atoms with Gasteiger partial charge in [0.2, 0.25) is 0 Å². The zero-order chi connectivity index (χ0) is 8.97. The highest BCUT2D eigenvalue weighted by atomic mass is 14.0. The predicted octanol–water partition coefficient (Wildman–Crippen LogP) is 3.67. The van der Waals surface area contributed by atoms with Crippen molar-refractivity contribution >= 4 is 5.57 Å². The van der Waals surface area contributed by atoms with Crippen LogP contribution < -0.4 is 0 Å². The van der Waals surface area contributed by atoms with E-state index in [0.717, 1.165) is 5.57 Å². The quantitative estimate of drug-likeness (QED) is 0.633. The van der Waals surface area contributed by atoms with Crippen LogP contribution in [0, 0.1) is 0 Å². The molecule has 0 unspecified atom stereocenters. The molecular weight excluding hydrogens is 144 g/mol. The minimum absolute atomic E-state index is 1.14. The molecule has 0 spiro atoms. The summed E-state index contributed by atoms with van der Waals surface area (Å²) >= 11 is 0. The summed E-state index contributed by atoms with van der Waals surface area (Å²) < 4.78 is 0. The Bertz CT molecular complexity index is 254. The molecule has 0 saturated heterocycles. The Hall–Kier alpha value is -1.04. The van der Waals surface area contributed by atoms with Crippen LogP contribution in [0.15, 0.2) is 30.8 Å². The smallest absolute Gasteiger partial charge is 0.0233 e. The first-order valence-corrected chi connectivity index (χ1v) is 4.49. The van der Waals surface area contributed by atoms with Gasteiger partial charge in [-0.25, -0.2) is 0 Å². The third-order valence-corrected chi connectivity index (χ3v) is 1.99. The Morgan fingerprint density at radius 1 is 1.25 bits per heavy atom. The van der Waals surface area contributed by atoms with Crippen LogP contribution in [0.25, 0.3) is 5.57 Å². The lowest BCUT2D eigenvalue weighted by molar-refractivity contribution is 0.922. The number of benzene rings is 1. The molecule has 0 nitrogen and oxygen atoms in total. The lowest BCUT2D eigenvalue weighted by Crippen LogP contribution is -1.83. The van der Waals surface area contributed by atoms with Crippen LogP contribution in [0.1, 0.15) is 31.4 Å². The molecule has 0 bridgehead atoms. The monoisotopic (exact) mass is 160 g/mol. The van der Waals surface area contributed by atoms with Gasteiger partial charge in [-0.3, -0.25) is 0 Å². The van der Waals surface area contributed by atoms with E-state index in [9.17, 15) is 0 Å². The van der Waals surface area contributed by atoms with Crippen LogP contribution in [0.2, 0.25) is 0 Å². The molecule has 0 aliphatic heterocycles. The summed E-state index contributed by atoms with van der Waals surface area (Å²) in [6, 6.07) is 8.67. The van der Waals surface area contributed by atoms with Gasteiger partial charge in [0, 0.05) is 0 Å². The van der Waals surface area contributed by atoms with Gasteiger partial charge < -0.3 is 0 Å². The predicted molar refractivity (Wildman–Crippen MR) is 55.1 cm³/mol. The summed E-state index contributed by atoms with van der Waals surface area (Å²) in [7, 11) is 0. The molecule has 64 valence electrons. The molecule has 0 heteroatoms. The largest absolute Gasteiger partial charge is 0.0955 e. The van der Waals surface area contributed by atoms with Crippen LogP contribution in [0.5, 0.6) is 0 Å². The van der Waals surface area contributed by atoms with Crippen LogP contribution in [-0.4, -0.2) is 0 Å². The van der Waals surface area contributed by atoms with E-state index in [2.05, 4.69) is 37.8 Å². The molecule has 0 fully saturated rings. The van der Waals surface area contributed by atoms with Gasteiger partial charge in [0.05, 0.1) is 0 Å². The van der Waals surface area contributed by atoms with Gasteiger partial charge in [-0.2, -0.15) is 0 Å². The first kappa shape index (κ1) is 9.05. The Balaban J connectivity index is 2.78. The van der Waals surface area contributed by atoms with E-state index < -0.39 is 0 Å². The van der Waals surface area contributed by atoms with Crippen molar-refractivity contribution in [1.29, 1.82) is 0 Å². The van der Waals surface area contributed by atoms with E-state index in [4.69, 9.17) is 0 Å². The van der Waals surface area contributed by atoms with E-state index in [-0.39, 0.29) is 0 Å². The van der Waals surface area contributed by atoms with Gasteiger partial charge in [0.1, 0.15) is 0 Å². The molecule has 1 aromatic rings. The van der Waals surface area contributed by atoms with Gasteiger partial charge in [-0.05, 0) is 24.5 Å². The second-order valence-electron chi connectivity index (χ2n) is 3.23. The second-order valence-corrected chi connectivity index (χ2v) is 3.23. The van der Waals surface area contributed by atoms with Gasteiger partial charge in [-0.15, -0.1) is 0 Å². The zero-order valence-electron chi connectivity index (χ0n) is 7.93. The molecule has 0 aromatic heterocycles. The van der Waals surface area contributed by atoms with Crippen molar-refractivity contribution in [2.45, 2.75) is 26.7 Å². The van der Waals surface area contributed by atoms with Crippen LogP contribution in [0.3, 0.4) is 0 Å². The fourth-order valence-electron chi connectivity index (χ4n) is 1.24. The molecule has 0 aliphatic carbocycles. The Morgan fingerprint density at radius 2 is 1.83 bits per heavy atom. The van der Waals surface area contributed by atoms with Gasteiger partial charge in [0.15, 0.2) is 0 Å². The van der Waals surface area contributed by atoms with Crippen molar-refractivity contribution < 1.29 is 0 Å². The van der Waals surface area contributed by atoms with Crippen molar-refractivity contribution in [3.05, 3.63) is 42.0 Å². The van der Waals surface area contributed by atoms with Gasteiger partial charge in [0.25, 0.3) is 0 Å². The molecule has 0 amide bonds. The summed E-state index contributed by atoms with van der Waals surface area (Å²) in [5, 5.41) is 0. The topological polar surface area (TPSA) is 0 Å². The highest BCUT2D eigenvalue weighted by Gasteiger charge is 1.93. The molecule has 0 radical (unpaired) electrons. The normalized spacial score (nSPS) is 9.83. The van der Waals surface area contributed by atoms with E-state index in [1.165, 1.54) is 24.0 Å². The standard InChI is InChI=1S/C12H16/c1-4-5-11-6-8-12(9-7-11)10(2)3/h6-9H,2,4-5H2,1,3H3. The number of aryl methyl sites for hydroxylation is 1. The fraction of sp³-hybridized carbons (Fsp3) is 0.333. The maximum absolute atomic E-state index is 3.90. The SMILES string of the molecule is C=C(C)c1ccc(CCC)cc1. The molecule has 0 atom stereocenters. The highest BCUT2D eigenvalue weighted by molar-refractivity contribution is 5.61. The maximum Gasteiger partial charge on any atom is -0.0233 e. The maximum atomic E-state index is 3.90. The van der Waals surface area contributed by atoms with E-state index in [1.54, 1.807) is 0 Å². The number of hydrogen-bond donors (Lipinski definition) is 0. The molecule has 0 aliphatic rings. The van der Waals surface area contributed by atoms with Crippen molar-refractivity contribution in [3.8, 4) is 0 Å². The van der Waals surface area contributed by atoms with Gasteiger partial charge >= 0.3 is 0 Å². The Morgan fingerprint density at radius 3 is 2.25 bits per heavy atom. The van der Waals surface area contributed by atoms with Crippen molar-refractivity contribution in [2.24, 2.45) is 0 Å². The molecule has 1 aromatic carbocycles. The third-order valence-electron chi connectivity index (χ3n) is 1.99. The minimum atomic E-state index is 1.14. The van der Waals surface area contributed by atoms with E-state index in [0.29, 0.717) is 0 Å². The van der Waals surface area contributed by atoms with Crippen LogP contribution in [0.4, 0.5) is 0 Å². The van der Waals surface area contributed by atoms with Crippen molar-refractivity contribution in [1.82, 2.24) is 0 Å². The van der Waals surface area contributed by atoms with E-state index >= 15 is 0 Å². The number of rotatable bonds is 3. The average molecular weight is 160 g/mol. The Labute approximate surface area is 74.9 Å². The highest BCUT2D eigenvalue weighted by Crippen LogP contribution is 2.12. The lowest BCUT2D eigenvalue weighted by Gasteiger charge is -2.01. The number of allylic oxidation sites excluding steroid dienone is 1. The van der Waals surface area contributed by atoms with Gasteiger partial charge in [-0.1, -0.05) is 49.8 Å². The minimum Gasteiger partial charge on any atom is -0.0955 e. The van der Waals surface area contributed by atoms with Crippen LogP contribution >= 0.6 is 0 Å². The summed E-state index contributed by atoms with van der Waals surface area (Å²) in [4.78, 5) is 0. The molecule has 0 heterocycles. The number of hydrogen-bond acceptors (Lipinski definition) is 0. The van der Waals surface area contributed by atoms with Crippen molar-refractivity contribution in [3.63, 3.8) is 0 Å². The molecule has 0 N–H and O–H groups in total. The first-order valence-electron chi connectivity index (χ1n) is 4.49. The summed E-state index contributed by atoms with van der Waals surface area (Å²) in [5.41, 5.74) is 3.80. The Kier molecular flexibility index (Phi) is 3.09. The van der Waals surface area contributed by atoms with Crippen LogP contribution in [-0.2, 0) is 6.42 Å². The first-order chi connectivity index (χ1) is 5.74. The molecular formula is C12H16. The molecule has 1 rings (SSSR count). The third kappa shape index (κ3) is 2.23. The lowest BCUT2D eigenvalue weighted by atomic mass is 10.0. The molecule has 12 heavy (non-hydrogen) atoms. The summed E-state index contributed by atoms with van der Waals surface area (Å²) in [6.07, 6.45) is 2.39. The zero-order valence-corrected chi connectivity index (χ0v) is 7.93. The average Bonchev–Trinajstić information content (AvgIpc) is 2.06. The summed E-state index contributed by atoms with van der Waals surface area (Å²) in [6.45, 7) is 8.14. The summed E-state index contributed by atoms with van der Waals surface area (Å²) in [5.74, 6) is 0.